The number of carbonyl (C=O) groups excluding carboxylic acids is 2. The molecule has 158 valence electrons. The van der Waals surface area contributed by atoms with Crippen molar-refractivity contribution < 1.29 is 23.8 Å². The number of carbonyl (C=O) groups is 2. The van der Waals surface area contributed by atoms with E-state index < -0.39 is 23.5 Å². The molecule has 6 heteroatoms. The summed E-state index contributed by atoms with van der Waals surface area (Å²) in [7, 11) is 1.57. The highest BCUT2D eigenvalue weighted by atomic mass is 16.5. The summed E-state index contributed by atoms with van der Waals surface area (Å²) in [6.45, 7) is 2.08. The molecule has 0 spiro atoms. The summed E-state index contributed by atoms with van der Waals surface area (Å²) in [5, 5.41) is 10.7. The van der Waals surface area contributed by atoms with Crippen LogP contribution in [0.25, 0.3) is 0 Å². The maximum Gasteiger partial charge on any atom is 0.290 e. The molecule has 1 unspecified atom stereocenters. The monoisotopic (exact) mass is 417 g/mol. The van der Waals surface area contributed by atoms with E-state index in [-0.39, 0.29) is 11.3 Å². The van der Waals surface area contributed by atoms with Gasteiger partial charge in [-0.3, -0.25) is 9.59 Å². The zero-order valence-corrected chi connectivity index (χ0v) is 17.4. The largest absolute Gasteiger partial charge is 0.503 e. The topological polar surface area (TPSA) is 80.0 Å². The molecule has 0 fully saturated rings. The first-order chi connectivity index (χ1) is 15.0. The number of aryl methyl sites for hydroxylation is 1. The first-order valence-electron chi connectivity index (χ1n) is 10.0. The van der Waals surface area contributed by atoms with Gasteiger partial charge in [0, 0.05) is 6.54 Å². The van der Waals surface area contributed by atoms with Crippen LogP contribution < -0.4 is 4.74 Å². The van der Waals surface area contributed by atoms with Gasteiger partial charge < -0.3 is 19.2 Å². The third-order valence-corrected chi connectivity index (χ3v) is 5.43. The Hall–Kier alpha value is -3.80. The Kier molecular flexibility index (Phi) is 5.62. The van der Waals surface area contributed by atoms with Crippen LogP contribution in [0.1, 0.15) is 33.5 Å². The van der Waals surface area contributed by atoms with Crippen LogP contribution in [-0.4, -0.2) is 35.4 Å². The molecule has 1 amide bonds. The van der Waals surface area contributed by atoms with Gasteiger partial charge in [-0.2, -0.15) is 0 Å². The maximum absolute atomic E-state index is 13.2. The molecule has 0 bridgehead atoms. The van der Waals surface area contributed by atoms with Crippen LogP contribution in [-0.2, 0) is 11.2 Å². The van der Waals surface area contributed by atoms with E-state index in [1.165, 1.54) is 4.90 Å². The molecule has 0 saturated heterocycles. The molecule has 2 heterocycles. The predicted molar refractivity (Wildman–Crippen MR) is 115 cm³/mol. The number of Topliss-reactive ketones (excluding diaryl/α,β-unsaturated/α-hetero) is 1. The Morgan fingerprint density at radius 1 is 1.06 bits per heavy atom. The van der Waals surface area contributed by atoms with Crippen LogP contribution in [0.5, 0.6) is 5.75 Å². The third-order valence-electron chi connectivity index (χ3n) is 5.43. The lowest BCUT2D eigenvalue weighted by Crippen LogP contribution is -2.33. The van der Waals surface area contributed by atoms with Crippen molar-refractivity contribution in [3.8, 4) is 5.75 Å². The summed E-state index contributed by atoms with van der Waals surface area (Å²) >= 11 is 0. The molecule has 1 N–H and O–H groups in total. The normalized spacial score (nSPS) is 16.1. The fraction of sp³-hybridized carbons (Fsp3) is 0.200. The van der Waals surface area contributed by atoms with Crippen molar-refractivity contribution >= 4 is 11.7 Å². The molecule has 1 aliphatic rings. The molecule has 2 aromatic carbocycles. The van der Waals surface area contributed by atoms with Gasteiger partial charge >= 0.3 is 0 Å². The minimum absolute atomic E-state index is 0.0255. The highest BCUT2D eigenvalue weighted by Gasteiger charge is 2.44. The highest BCUT2D eigenvalue weighted by molar-refractivity contribution is 6.15. The number of benzene rings is 2. The summed E-state index contributed by atoms with van der Waals surface area (Å²) in [5.74, 6) is -0.269. The highest BCUT2D eigenvalue weighted by Crippen LogP contribution is 2.39. The number of aliphatic hydroxyl groups is 1. The van der Waals surface area contributed by atoms with Gasteiger partial charge in [0.05, 0.1) is 18.7 Å². The first-order valence-corrected chi connectivity index (χ1v) is 10.0. The van der Waals surface area contributed by atoms with Crippen LogP contribution in [0.2, 0.25) is 0 Å². The second kappa shape index (κ2) is 8.52. The molecule has 1 atom stereocenters. The van der Waals surface area contributed by atoms with Crippen molar-refractivity contribution in [3.63, 3.8) is 0 Å². The molecule has 1 aliphatic heterocycles. The van der Waals surface area contributed by atoms with Gasteiger partial charge in [-0.15, -0.1) is 0 Å². The van der Waals surface area contributed by atoms with Crippen LogP contribution in [0, 0.1) is 6.92 Å². The minimum Gasteiger partial charge on any atom is -0.503 e. The van der Waals surface area contributed by atoms with E-state index in [0.29, 0.717) is 30.0 Å². The summed E-state index contributed by atoms with van der Waals surface area (Å²) < 4.78 is 10.7. The average Bonchev–Trinajstić information content (AvgIpc) is 3.34. The number of methoxy groups -OCH3 is 1. The van der Waals surface area contributed by atoms with Gasteiger partial charge in [0.1, 0.15) is 11.5 Å². The number of ketones is 1. The number of aliphatic hydroxyl groups excluding tert-OH is 1. The summed E-state index contributed by atoms with van der Waals surface area (Å²) in [6, 6.07) is 19.4. The van der Waals surface area contributed by atoms with Gasteiger partial charge in [0.2, 0.25) is 5.78 Å². The van der Waals surface area contributed by atoms with Crippen LogP contribution in [0.3, 0.4) is 0 Å². The average molecular weight is 417 g/mol. The Labute approximate surface area is 180 Å². The third kappa shape index (κ3) is 3.97. The lowest BCUT2D eigenvalue weighted by molar-refractivity contribution is -0.129. The first kappa shape index (κ1) is 20.5. The zero-order chi connectivity index (χ0) is 22.0. The van der Waals surface area contributed by atoms with Crippen molar-refractivity contribution in [2.45, 2.75) is 19.4 Å². The van der Waals surface area contributed by atoms with Gasteiger partial charge in [-0.1, -0.05) is 42.5 Å². The molecule has 0 saturated carbocycles. The van der Waals surface area contributed by atoms with E-state index in [0.717, 1.165) is 5.56 Å². The molecular weight excluding hydrogens is 394 g/mol. The number of furan rings is 1. The SMILES string of the molecule is COc1ccc(C2C(C(=O)c3ccc(C)o3)=C(O)C(=O)N2CCc2ccccc2)cc1. The van der Waals surface area contributed by atoms with E-state index in [1.54, 1.807) is 50.4 Å². The Balaban J connectivity index is 1.72. The van der Waals surface area contributed by atoms with Crippen molar-refractivity contribution in [3.05, 3.63) is 101 Å². The molecule has 31 heavy (non-hydrogen) atoms. The van der Waals surface area contributed by atoms with E-state index in [2.05, 4.69) is 0 Å². The Morgan fingerprint density at radius 2 is 1.77 bits per heavy atom. The number of amides is 1. The second-order valence-electron chi connectivity index (χ2n) is 7.41. The molecule has 0 aliphatic carbocycles. The molecule has 4 rings (SSSR count). The second-order valence-corrected chi connectivity index (χ2v) is 7.41. The minimum atomic E-state index is -0.722. The van der Waals surface area contributed by atoms with Gasteiger partial charge in [0.15, 0.2) is 11.5 Å². The van der Waals surface area contributed by atoms with E-state index in [9.17, 15) is 14.7 Å². The number of hydrogen-bond acceptors (Lipinski definition) is 5. The Morgan fingerprint density at radius 3 is 2.39 bits per heavy atom. The number of nitrogens with zero attached hydrogens (tertiary/aromatic N) is 1. The van der Waals surface area contributed by atoms with Crippen molar-refractivity contribution in [1.82, 2.24) is 4.90 Å². The molecule has 6 nitrogen and oxygen atoms in total. The summed E-state index contributed by atoms with van der Waals surface area (Å²) in [6.07, 6.45) is 0.591. The summed E-state index contributed by atoms with van der Waals surface area (Å²) in [4.78, 5) is 27.8. The van der Waals surface area contributed by atoms with E-state index in [1.807, 2.05) is 30.3 Å². The number of ether oxygens (including phenoxy) is 1. The quantitative estimate of drug-likeness (QED) is 0.576. The van der Waals surface area contributed by atoms with E-state index in [4.69, 9.17) is 9.15 Å². The fourth-order valence-electron chi connectivity index (χ4n) is 3.83. The number of rotatable bonds is 7. The van der Waals surface area contributed by atoms with Crippen LogP contribution >= 0.6 is 0 Å². The zero-order valence-electron chi connectivity index (χ0n) is 17.4. The van der Waals surface area contributed by atoms with Gasteiger partial charge in [-0.05, 0) is 48.7 Å². The molecule has 0 radical (unpaired) electrons. The molecule has 1 aromatic heterocycles. The number of hydrogen-bond donors (Lipinski definition) is 1. The lowest BCUT2D eigenvalue weighted by Gasteiger charge is -2.27. The van der Waals surface area contributed by atoms with Crippen molar-refractivity contribution in [1.29, 1.82) is 0 Å². The predicted octanol–water partition coefficient (Wildman–Crippen LogP) is 4.42. The van der Waals surface area contributed by atoms with Crippen LogP contribution in [0.15, 0.2) is 82.5 Å². The molecular formula is C25H23NO5. The van der Waals surface area contributed by atoms with E-state index >= 15 is 0 Å². The fourth-order valence-corrected chi connectivity index (χ4v) is 3.83. The Bertz CT molecular complexity index is 1130. The molecule has 3 aromatic rings. The van der Waals surface area contributed by atoms with Gasteiger partial charge in [-0.25, -0.2) is 0 Å². The van der Waals surface area contributed by atoms with Crippen molar-refractivity contribution in [2.24, 2.45) is 0 Å². The standard InChI is InChI=1S/C25H23NO5/c1-16-8-13-20(31-16)23(27)21-22(18-9-11-19(30-2)12-10-18)26(25(29)24(21)28)15-14-17-6-4-3-5-7-17/h3-13,22,28H,14-15H2,1-2H3. The smallest absolute Gasteiger partial charge is 0.290 e. The summed E-state index contributed by atoms with van der Waals surface area (Å²) in [5.41, 5.74) is 1.79. The van der Waals surface area contributed by atoms with Crippen LogP contribution in [0.4, 0.5) is 0 Å². The van der Waals surface area contributed by atoms with Gasteiger partial charge in [0.25, 0.3) is 5.91 Å². The van der Waals surface area contributed by atoms with Crippen molar-refractivity contribution in [2.75, 3.05) is 13.7 Å². The maximum atomic E-state index is 13.2. The lowest BCUT2D eigenvalue weighted by atomic mass is 9.95.